The number of hydrogen-bond donors (Lipinski definition) is 1. The lowest BCUT2D eigenvalue weighted by Gasteiger charge is -2.38. The van der Waals surface area contributed by atoms with Crippen LogP contribution in [0.5, 0.6) is 0 Å². The highest BCUT2D eigenvalue weighted by Gasteiger charge is 2.36. The zero-order valence-electron chi connectivity index (χ0n) is 19.6. The normalized spacial score (nSPS) is 21.2. The van der Waals surface area contributed by atoms with Crippen molar-refractivity contribution in [3.63, 3.8) is 0 Å². The van der Waals surface area contributed by atoms with E-state index in [1.165, 1.54) is 4.90 Å². The molecule has 0 radical (unpaired) electrons. The van der Waals surface area contributed by atoms with E-state index in [0.717, 1.165) is 46.2 Å². The van der Waals surface area contributed by atoms with Gasteiger partial charge in [-0.05, 0) is 67.3 Å². The molecule has 0 bridgehead atoms. The maximum Gasteiger partial charge on any atom is 0.250 e. The molecule has 2 saturated heterocycles. The number of carbonyl (C=O) groups is 2. The van der Waals surface area contributed by atoms with Crippen molar-refractivity contribution in [3.05, 3.63) is 59.4 Å². The summed E-state index contributed by atoms with van der Waals surface area (Å²) >= 11 is 7.14. The van der Waals surface area contributed by atoms with E-state index in [1.54, 1.807) is 36.7 Å². The Morgan fingerprint density at radius 2 is 2.00 bits per heavy atom. The lowest BCUT2D eigenvalue weighted by molar-refractivity contribution is -0.145. The van der Waals surface area contributed by atoms with Gasteiger partial charge >= 0.3 is 0 Å². The van der Waals surface area contributed by atoms with Crippen LogP contribution >= 0.6 is 22.9 Å². The molecular formula is C25H27ClN4O4S2. The number of halogens is 1. The Morgan fingerprint density at radius 3 is 2.81 bits per heavy atom. The maximum atomic E-state index is 13.3. The maximum absolute atomic E-state index is 13.3. The number of aromatic nitrogens is 1. The van der Waals surface area contributed by atoms with E-state index in [9.17, 15) is 18.0 Å². The molecular weight excluding hydrogens is 520 g/mol. The molecule has 5 rings (SSSR count). The highest BCUT2D eigenvalue weighted by molar-refractivity contribution is 7.91. The Kier molecular flexibility index (Phi) is 7.30. The number of likely N-dealkylation sites (tertiary alicyclic amines) is 2. The van der Waals surface area contributed by atoms with Gasteiger partial charge in [-0.3, -0.25) is 14.6 Å². The van der Waals surface area contributed by atoms with Crippen molar-refractivity contribution in [2.45, 2.75) is 48.4 Å². The molecule has 1 N–H and O–H groups in total. The van der Waals surface area contributed by atoms with Crippen LogP contribution in [0.2, 0.25) is 5.02 Å². The number of benzene rings is 1. The molecule has 4 heterocycles. The second-order valence-corrected chi connectivity index (χ2v) is 12.7. The molecule has 11 heteroatoms. The van der Waals surface area contributed by atoms with Crippen LogP contribution in [0.25, 0.3) is 10.1 Å². The minimum absolute atomic E-state index is 0.0596. The fraction of sp³-hybridized carbons (Fsp3) is 0.400. The summed E-state index contributed by atoms with van der Waals surface area (Å²) in [5, 5.41) is 1.31. The number of thiophene rings is 1. The van der Waals surface area contributed by atoms with Crippen molar-refractivity contribution in [2.24, 2.45) is 0 Å². The molecule has 2 fully saturated rings. The SMILES string of the molecule is O=C1C(NS(=O)(=O)c2cc3ccc(Cl)cc3s2)CCCN1CC(=O)N1CCCCC1c1cccnc1. The van der Waals surface area contributed by atoms with E-state index >= 15 is 0 Å². The summed E-state index contributed by atoms with van der Waals surface area (Å²) in [6, 6.07) is 9.66. The minimum Gasteiger partial charge on any atom is -0.334 e. The van der Waals surface area contributed by atoms with Crippen LogP contribution in [0.3, 0.4) is 0 Å². The topological polar surface area (TPSA) is 99.7 Å². The first kappa shape index (κ1) is 25.1. The summed E-state index contributed by atoms with van der Waals surface area (Å²) in [4.78, 5) is 34.0. The number of amides is 2. The van der Waals surface area contributed by atoms with Crippen LogP contribution < -0.4 is 4.72 Å². The van der Waals surface area contributed by atoms with Gasteiger partial charge in [-0.15, -0.1) is 11.3 Å². The molecule has 2 atom stereocenters. The molecule has 2 aliphatic heterocycles. The predicted molar refractivity (Wildman–Crippen MR) is 139 cm³/mol. The first-order chi connectivity index (χ1) is 17.3. The number of nitrogens with one attached hydrogen (secondary N) is 1. The van der Waals surface area contributed by atoms with Crippen LogP contribution in [-0.2, 0) is 19.6 Å². The molecule has 0 aliphatic carbocycles. The van der Waals surface area contributed by atoms with E-state index in [1.807, 2.05) is 17.0 Å². The van der Waals surface area contributed by atoms with E-state index in [4.69, 9.17) is 11.6 Å². The fourth-order valence-corrected chi connectivity index (χ4v) is 7.88. The predicted octanol–water partition coefficient (Wildman–Crippen LogP) is 3.97. The van der Waals surface area contributed by atoms with Gasteiger partial charge in [0.25, 0.3) is 10.0 Å². The molecule has 3 aromatic rings. The summed E-state index contributed by atoms with van der Waals surface area (Å²) < 4.78 is 29.7. The Bertz CT molecular complexity index is 1380. The summed E-state index contributed by atoms with van der Waals surface area (Å²) in [5.41, 5.74) is 0.991. The molecule has 2 aliphatic rings. The molecule has 0 spiro atoms. The first-order valence-electron chi connectivity index (χ1n) is 12.0. The smallest absolute Gasteiger partial charge is 0.250 e. The summed E-state index contributed by atoms with van der Waals surface area (Å²) in [5.74, 6) is -0.487. The van der Waals surface area contributed by atoms with Gasteiger partial charge in [-0.1, -0.05) is 23.7 Å². The summed E-state index contributed by atoms with van der Waals surface area (Å²) in [6.45, 7) is 0.997. The highest BCUT2D eigenvalue weighted by Crippen LogP contribution is 2.32. The van der Waals surface area contributed by atoms with Crippen LogP contribution in [-0.4, -0.2) is 60.7 Å². The zero-order chi connectivity index (χ0) is 25.3. The Labute approximate surface area is 219 Å². The van der Waals surface area contributed by atoms with Crippen molar-refractivity contribution in [3.8, 4) is 0 Å². The molecule has 2 aromatic heterocycles. The zero-order valence-corrected chi connectivity index (χ0v) is 22.0. The first-order valence-corrected chi connectivity index (χ1v) is 14.7. The van der Waals surface area contributed by atoms with Gasteiger partial charge in [-0.25, -0.2) is 8.42 Å². The molecule has 190 valence electrons. The van der Waals surface area contributed by atoms with Crippen molar-refractivity contribution in [1.29, 1.82) is 0 Å². The number of nitrogens with zero attached hydrogens (tertiary/aromatic N) is 3. The number of hydrogen-bond acceptors (Lipinski definition) is 6. The third-order valence-electron chi connectivity index (χ3n) is 6.77. The van der Waals surface area contributed by atoms with Crippen LogP contribution in [0.4, 0.5) is 0 Å². The lowest BCUT2D eigenvalue weighted by atomic mass is 9.96. The molecule has 1 aromatic carbocycles. The third-order valence-corrected chi connectivity index (χ3v) is 10.0. The number of rotatable bonds is 6. The average molecular weight is 547 g/mol. The number of pyridine rings is 1. The lowest BCUT2D eigenvalue weighted by Crippen LogP contribution is -2.55. The van der Waals surface area contributed by atoms with Gasteiger partial charge in [0.15, 0.2) is 0 Å². The minimum atomic E-state index is -3.91. The number of carbonyl (C=O) groups excluding carboxylic acids is 2. The molecule has 8 nitrogen and oxygen atoms in total. The van der Waals surface area contributed by atoms with E-state index in [-0.39, 0.29) is 28.6 Å². The Morgan fingerprint density at radius 1 is 1.14 bits per heavy atom. The number of fused-ring (bicyclic) bond motifs is 1. The molecule has 2 amide bonds. The van der Waals surface area contributed by atoms with E-state index in [2.05, 4.69) is 9.71 Å². The van der Waals surface area contributed by atoms with Crippen LogP contribution in [0, 0.1) is 0 Å². The molecule has 36 heavy (non-hydrogen) atoms. The number of sulfonamides is 1. The van der Waals surface area contributed by atoms with Crippen LogP contribution in [0.1, 0.15) is 43.7 Å². The highest BCUT2D eigenvalue weighted by atomic mass is 35.5. The van der Waals surface area contributed by atoms with Crippen molar-refractivity contribution >= 4 is 54.9 Å². The van der Waals surface area contributed by atoms with Gasteiger partial charge in [0, 0.05) is 35.2 Å². The molecule has 0 saturated carbocycles. The van der Waals surface area contributed by atoms with E-state index < -0.39 is 16.1 Å². The number of piperidine rings is 2. The fourth-order valence-electron chi connectivity index (χ4n) is 4.97. The van der Waals surface area contributed by atoms with Crippen LogP contribution in [0.15, 0.2) is 53.0 Å². The Balaban J connectivity index is 1.28. The Hall–Kier alpha value is -2.53. The molecule has 2 unspecified atom stereocenters. The second kappa shape index (κ2) is 10.5. The van der Waals surface area contributed by atoms with Crippen molar-refractivity contribution < 1.29 is 18.0 Å². The monoisotopic (exact) mass is 546 g/mol. The van der Waals surface area contributed by atoms with Gasteiger partial charge < -0.3 is 9.80 Å². The second-order valence-electron chi connectivity index (χ2n) is 9.21. The third kappa shape index (κ3) is 5.27. The van der Waals surface area contributed by atoms with Gasteiger partial charge in [0.05, 0.1) is 12.6 Å². The quantitative estimate of drug-likeness (QED) is 0.504. The average Bonchev–Trinajstić information content (AvgIpc) is 3.31. The standard InChI is InChI=1S/C25H27ClN4O4S2/c26-19-9-8-17-13-24(35-22(17)14-19)36(33,34)28-20-6-4-11-29(25(20)32)16-23(31)30-12-2-1-7-21(30)18-5-3-10-27-15-18/h3,5,8-10,13-15,20-21,28H,1-2,4,6-7,11-12,16H2. The summed E-state index contributed by atoms with van der Waals surface area (Å²) in [6.07, 6.45) is 7.30. The van der Waals surface area contributed by atoms with E-state index in [0.29, 0.717) is 31.0 Å². The van der Waals surface area contributed by atoms with Gasteiger partial charge in [0.1, 0.15) is 10.3 Å². The van der Waals surface area contributed by atoms with Gasteiger partial charge in [-0.2, -0.15) is 4.72 Å². The largest absolute Gasteiger partial charge is 0.334 e. The summed E-state index contributed by atoms with van der Waals surface area (Å²) in [7, 11) is -3.91. The van der Waals surface area contributed by atoms with Crippen molar-refractivity contribution in [1.82, 2.24) is 19.5 Å². The van der Waals surface area contributed by atoms with Gasteiger partial charge in [0.2, 0.25) is 11.8 Å². The van der Waals surface area contributed by atoms with Crippen molar-refractivity contribution in [2.75, 3.05) is 19.6 Å².